The van der Waals surface area contributed by atoms with Crippen molar-refractivity contribution in [1.82, 2.24) is 0 Å². The first-order valence-electron chi connectivity index (χ1n) is 5.29. The maximum Gasteiger partial charge on any atom is -0.0323 e. The lowest BCUT2D eigenvalue weighted by molar-refractivity contribution is 0.118. The molecule has 0 atom stereocenters. The van der Waals surface area contributed by atoms with Crippen molar-refractivity contribution in [3.05, 3.63) is 0 Å². The third kappa shape index (κ3) is 1.60. The topological polar surface area (TPSA) is 0 Å². The van der Waals surface area contributed by atoms with Gasteiger partial charge in [-0.3, -0.25) is 0 Å². The van der Waals surface area contributed by atoms with Gasteiger partial charge in [-0.15, -0.1) is 0 Å². The first-order chi connectivity index (χ1) is 5.29. The van der Waals surface area contributed by atoms with E-state index in [0.29, 0.717) is 0 Å². The summed E-state index contributed by atoms with van der Waals surface area (Å²) in [7, 11) is 0. The largest absolute Gasteiger partial charge is 0.0596 e. The van der Waals surface area contributed by atoms with Crippen LogP contribution < -0.4 is 0 Å². The fraction of sp³-hybridized carbons (Fsp3) is 1.00. The molecule has 0 bridgehead atoms. The van der Waals surface area contributed by atoms with Crippen molar-refractivity contribution in [2.45, 2.75) is 58.3 Å². The molecule has 0 aromatic carbocycles. The van der Waals surface area contributed by atoms with Crippen LogP contribution in [0.3, 0.4) is 0 Å². The van der Waals surface area contributed by atoms with E-state index in [1.807, 2.05) is 0 Å². The van der Waals surface area contributed by atoms with Crippen LogP contribution in [0.5, 0.6) is 0 Å². The Labute approximate surface area is 70.4 Å². The molecular formula is C11H20. The van der Waals surface area contributed by atoms with Crippen molar-refractivity contribution in [1.29, 1.82) is 0 Å². The smallest absolute Gasteiger partial charge is 0.0323 e. The van der Waals surface area contributed by atoms with Gasteiger partial charge in [0.1, 0.15) is 0 Å². The fourth-order valence-electron chi connectivity index (χ4n) is 2.90. The van der Waals surface area contributed by atoms with Gasteiger partial charge in [0.15, 0.2) is 0 Å². The molecule has 0 spiro atoms. The average molecular weight is 152 g/mol. The van der Waals surface area contributed by atoms with Gasteiger partial charge in [-0.2, -0.15) is 0 Å². The number of hydrogen-bond donors (Lipinski definition) is 0. The Kier molecular flexibility index (Phi) is 1.95. The summed E-state index contributed by atoms with van der Waals surface area (Å²) in [6.07, 6.45) is 12.2. The predicted molar refractivity (Wildman–Crippen MR) is 48.5 cm³/mol. The quantitative estimate of drug-likeness (QED) is 0.565. The summed E-state index contributed by atoms with van der Waals surface area (Å²) >= 11 is 0. The van der Waals surface area contributed by atoms with Crippen molar-refractivity contribution >= 4 is 0 Å². The second kappa shape index (κ2) is 2.80. The maximum absolute atomic E-state index is 2.49. The molecule has 2 fully saturated rings. The van der Waals surface area contributed by atoms with E-state index in [0.717, 1.165) is 11.3 Å². The van der Waals surface area contributed by atoms with Crippen LogP contribution in [0.2, 0.25) is 0 Å². The van der Waals surface area contributed by atoms with Crippen molar-refractivity contribution in [3.8, 4) is 0 Å². The van der Waals surface area contributed by atoms with Gasteiger partial charge < -0.3 is 0 Å². The van der Waals surface area contributed by atoms with E-state index in [4.69, 9.17) is 0 Å². The Bertz CT molecular complexity index is 127. The van der Waals surface area contributed by atoms with Crippen LogP contribution in [0, 0.1) is 11.3 Å². The molecule has 0 aliphatic heterocycles. The highest BCUT2D eigenvalue weighted by Gasteiger charge is 2.34. The van der Waals surface area contributed by atoms with E-state index in [1.165, 1.54) is 44.9 Å². The second-order valence-electron chi connectivity index (χ2n) is 5.02. The highest BCUT2D eigenvalue weighted by molar-refractivity contribution is 4.86. The molecule has 0 radical (unpaired) electrons. The molecule has 64 valence electrons. The molecular weight excluding hydrogens is 132 g/mol. The fourth-order valence-corrected chi connectivity index (χ4v) is 2.90. The molecule has 0 N–H and O–H groups in total. The van der Waals surface area contributed by atoms with Crippen LogP contribution in [0.1, 0.15) is 58.3 Å². The standard InChI is InChI=1S/C11H20/c1-11(7-4-8-11)9-10-5-2-3-6-10/h10H,2-9H2,1H3. The third-order valence-corrected chi connectivity index (χ3v) is 3.82. The zero-order valence-electron chi connectivity index (χ0n) is 7.73. The van der Waals surface area contributed by atoms with Crippen LogP contribution in [0.15, 0.2) is 0 Å². The minimum Gasteiger partial charge on any atom is -0.0596 e. The summed E-state index contributed by atoms with van der Waals surface area (Å²) < 4.78 is 0. The molecule has 0 saturated heterocycles. The molecule has 0 heterocycles. The Hall–Kier alpha value is 0. The van der Waals surface area contributed by atoms with Crippen LogP contribution in [-0.4, -0.2) is 0 Å². The lowest BCUT2D eigenvalue weighted by Gasteiger charge is -2.40. The van der Waals surface area contributed by atoms with E-state index in [-0.39, 0.29) is 0 Å². The van der Waals surface area contributed by atoms with Gasteiger partial charge in [0.05, 0.1) is 0 Å². The molecule has 2 aliphatic rings. The van der Waals surface area contributed by atoms with E-state index < -0.39 is 0 Å². The van der Waals surface area contributed by atoms with Crippen LogP contribution >= 0.6 is 0 Å². The molecule has 11 heavy (non-hydrogen) atoms. The normalized spacial score (nSPS) is 30.3. The molecule has 2 rings (SSSR count). The third-order valence-electron chi connectivity index (χ3n) is 3.82. The van der Waals surface area contributed by atoms with Crippen molar-refractivity contribution < 1.29 is 0 Å². The summed E-state index contributed by atoms with van der Waals surface area (Å²) in [5.41, 5.74) is 0.787. The van der Waals surface area contributed by atoms with Crippen molar-refractivity contribution in [3.63, 3.8) is 0 Å². The second-order valence-corrected chi connectivity index (χ2v) is 5.02. The zero-order valence-corrected chi connectivity index (χ0v) is 7.73. The maximum atomic E-state index is 2.49. The highest BCUT2D eigenvalue weighted by Crippen LogP contribution is 2.47. The van der Waals surface area contributed by atoms with Crippen LogP contribution in [-0.2, 0) is 0 Å². The summed E-state index contributed by atoms with van der Waals surface area (Å²) in [5.74, 6) is 1.11. The predicted octanol–water partition coefficient (Wildman–Crippen LogP) is 3.76. The van der Waals surface area contributed by atoms with Gasteiger partial charge in [-0.25, -0.2) is 0 Å². The first-order valence-corrected chi connectivity index (χ1v) is 5.29. The van der Waals surface area contributed by atoms with E-state index in [2.05, 4.69) is 6.92 Å². The molecule has 0 aromatic heterocycles. The zero-order chi connectivity index (χ0) is 7.73. The lowest BCUT2D eigenvalue weighted by Crippen LogP contribution is -2.27. The monoisotopic (exact) mass is 152 g/mol. The number of rotatable bonds is 2. The summed E-state index contributed by atoms with van der Waals surface area (Å²) in [4.78, 5) is 0. The summed E-state index contributed by atoms with van der Waals surface area (Å²) in [6.45, 7) is 2.49. The summed E-state index contributed by atoms with van der Waals surface area (Å²) in [5, 5.41) is 0. The number of hydrogen-bond acceptors (Lipinski definition) is 0. The first kappa shape index (κ1) is 7.64. The van der Waals surface area contributed by atoms with Gasteiger partial charge in [-0.05, 0) is 30.6 Å². The average Bonchev–Trinajstić information content (AvgIpc) is 2.36. The molecule has 2 aliphatic carbocycles. The van der Waals surface area contributed by atoms with Crippen molar-refractivity contribution in [2.75, 3.05) is 0 Å². The van der Waals surface area contributed by atoms with E-state index in [1.54, 1.807) is 6.42 Å². The van der Waals surface area contributed by atoms with Gasteiger partial charge >= 0.3 is 0 Å². The minimum atomic E-state index is 0.787. The van der Waals surface area contributed by atoms with Gasteiger partial charge in [0.2, 0.25) is 0 Å². The Morgan fingerprint density at radius 2 is 1.73 bits per heavy atom. The summed E-state index contributed by atoms with van der Waals surface area (Å²) in [6, 6.07) is 0. The lowest BCUT2D eigenvalue weighted by atomic mass is 9.65. The molecule has 0 amide bonds. The van der Waals surface area contributed by atoms with Crippen LogP contribution in [0.25, 0.3) is 0 Å². The van der Waals surface area contributed by atoms with E-state index in [9.17, 15) is 0 Å². The van der Waals surface area contributed by atoms with E-state index >= 15 is 0 Å². The molecule has 0 heteroatoms. The van der Waals surface area contributed by atoms with Crippen LogP contribution in [0.4, 0.5) is 0 Å². The van der Waals surface area contributed by atoms with Crippen molar-refractivity contribution in [2.24, 2.45) is 11.3 Å². The Morgan fingerprint density at radius 3 is 2.18 bits per heavy atom. The molecule has 0 aromatic rings. The molecule has 0 unspecified atom stereocenters. The van der Waals surface area contributed by atoms with Gasteiger partial charge in [0, 0.05) is 0 Å². The molecule has 0 nitrogen and oxygen atoms in total. The Morgan fingerprint density at radius 1 is 1.09 bits per heavy atom. The van der Waals surface area contributed by atoms with Gasteiger partial charge in [0.25, 0.3) is 0 Å². The highest BCUT2D eigenvalue weighted by atomic mass is 14.4. The SMILES string of the molecule is CC1(CC2CCCC2)CCC1. The minimum absolute atomic E-state index is 0.787. The van der Waals surface area contributed by atoms with Gasteiger partial charge in [-0.1, -0.05) is 39.0 Å². The Balaban J connectivity index is 1.79. The molecule has 2 saturated carbocycles.